The molecule has 25 heavy (non-hydrogen) atoms. The van der Waals surface area contributed by atoms with Gasteiger partial charge in [-0.05, 0) is 26.7 Å². The molecular formula is C17H36N4O3S. The number of hydrogen-bond donors (Lipinski definition) is 3. The van der Waals surface area contributed by atoms with Crippen LogP contribution in [0.2, 0.25) is 0 Å². The summed E-state index contributed by atoms with van der Waals surface area (Å²) < 4.78 is 31.4. The maximum absolute atomic E-state index is 11.4. The van der Waals surface area contributed by atoms with E-state index in [1.165, 1.54) is 0 Å². The lowest BCUT2D eigenvalue weighted by Gasteiger charge is -2.52. The Balaban J connectivity index is 2.50. The van der Waals surface area contributed by atoms with Gasteiger partial charge in [0, 0.05) is 37.2 Å². The Kier molecular flexibility index (Phi) is 7.71. The third kappa shape index (κ3) is 7.11. The zero-order valence-corrected chi connectivity index (χ0v) is 17.6. The summed E-state index contributed by atoms with van der Waals surface area (Å²) in [5.41, 5.74) is -0.571. The van der Waals surface area contributed by atoms with Gasteiger partial charge in [0.15, 0.2) is 5.96 Å². The first-order chi connectivity index (χ1) is 11.4. The van der Waals surface area contributed by atoms with Crippen LogP contribution < -0.4 is 15.4 Å². The van der Waals surface area contributed by atoms with Crippen LogP contribution in [0.4, 0.5) is 0 Å². The number of ether oxygens (including phenoxy) is 1. The summed E-state index contributed by atoms with van der Waals surface area (Å²) in [4.78, 5) is 4.25. The van der Waals surface area contributed by atoms with Crippen LogP contribution in [0.3, 0.4) is 0 Å². The van der Waals surface area contributed by atoms with Crippen molar-refractivity contribution in [1.29, 1.82) is 0 Å². The standard InChI is InChI=1S/C17H36N4O3S/c1-8-9-10-24-14-11-13(17(14,4)5)20-15(18-6)19-12-16(2,3)21-25(7,22)23/h13-14,21H,8-12H2,1-7H3,(H2,18,19,20). The van der Waals surface area contributed by atoms with Crippen molar-refractivity contribution in [3.05, 3.63) is 0 Å². The minimum atomic E-state index is -3.26. The first-order valence-electron chi connectivity index (χ1n) is 8.99. The molecule has 148 valence electrons. The van der Waals surface area contributed by atoms with Gasteiger partial charge in [0.25, 0.3) is 0 Å². The topological polar surface area (TPSA) is 91.8 Å². The van der Waals surface area contributed by atoms with Crippen molar-refractivity contribution in [2.75, 3.05) is 26.5 Å². The van der Waals surface area contributed by atoms with E-state index in [-0.39, 0.29) is 17.6 Å². The average molecular weight is 377 g/mol. The summed E-state index contributed by atoms with van der Waals surface area (Å²) in [5.74, 6) is 0.674. The number of nitrogens with zero attached hydrogens (tertiary/aromatic N) is 1. The molecule has 0 amide bonds. The van der Waals surface area contributed by atoms with Gasteiger partial charge in [-0.15, -0.1) is 0 Å². The lowest BCUT2D eigenvalue weighted by atomic mass is 9.64. The maximum atomic E-state index is 11.4. The Morgan fingerprint density at radius 2 is 2.00 bits per heavy atom. The second-order valence-electron chi connectivity index (χ2n) is 8.15. The minimum absolute atomic E-state index is 0.0336. The summed E-state index contributed by atoms with van der Waals surface area (Å²) in [6.45, 7) is 11.5. The van der Waals surface area contributed by atoms with Crippen LogP contribution in [0.25, 0.3) is 0 Å². The minimum Gasteiger partial charge on any atom is -0.378 e. The molecule has 1 aliphatic carbocycles. The number of guanidine groups is 1. The third-order valence-electron chi connectivity index (χ3n) is 4.69. The Morgan fingerprint density at radius 3 is 2.48 bits per heavy atom. The van der Waals surface area contributed by atoms with E-state index in [4.69, 9.17) is 4.74 Å². The van der Waals surface area contributed by atoms with E-state index in [1.807, 2.05) is 13.8 Å². The molecule has 0 aromatic rings. The van der Waals surface area contributed by atoms with Gasteiger partial charge in [0.05, 0.1) is 12.4 Å². The first-order valence-corrected chi connectivity index (χ1v) is 10.9. The van der Waals surface area contributed by atoms with Crippen LogP contribution in [0.15, 0.2) is 4.99 Å². The van der Waals surface area contributed by atoms with Crippen molar-refractivity contribution >= 4 is 16.0 Å². The molecule has 0 radical (unpaired) electrons. The molecule has 8 heteroatoms. The lowest BCUT2D eigenvalue weighted by molar-refractivity contribution is -0.113. The fourth-order valence-corrected chi connectivity index (χ4v) is 4.06. The summed E-state index contributed by atoms with van der Waals surface area (Å²) in [6.07, 6.45) is 4.61. The van der Waals surface area contributed by atoms with Gasteiger partial charge >= 0.3 is 0 Å². The van der Waals surface area contributed by atoms with Gasteiger partial charge in [-0.2, -0.15) is 0 Å². The molecule has 1 aliphatic rings. The molecular weight excluding hydrogens is 340 g/mol. The van der Waals surface area contributed by atoms with E-state index in [2.05, 4.69) is 41.1 Å². The highest BCUT2D eigenvalue weighted by Gasteiger charge is 2.49. The number of nitrogens with one attached hydrogen (secondary N) is 3. The smallest absolute Gasteiger partial charge is 0.209 e. The molecule has 1 rings (SSSR count). The van der Waals surface area contributed by atoms with Gasteiger partial charge in [0.1, 0.15) is 0 Å². The van der Waals surface area contributed by atoms with Crippen LogP contribution in [-0.2, 0) is 14.8 Å². The number of aliphatic imine (C=N–C) groups is 1. The van der Waals surface area contributed by atoms with Crippen molar-refractivity contribution in [1.82, 2.24) is 15.4 Å². The molecule has 0 aliphatic heterocycles. The molecule has 0 aromatic carbocycles. The van der Waals surface area contributed by atoms with Gasteiger partial charge < -0.3 is 15.4 Å². The van der Waals surface area contributed by atoms with E-state index in [1.54, 1.807) is 7.05 Å². The Labute approximate surface area is 153 Å². The third-order valence-corrected chi connectivity index (χ3v) is 5.61. The van der Waals surface area contributed by atoms with E-state index < -0.39 is 15.6 Å². The number of unbranched alkanes of at least 4 members (excludes halogenated alkanes) is 1. The normalized spacial score (nSPS) is 23.9. The number of sulfonamides is 1. The Bertz CT molecular complexity index is 558. The quantitative estimate of drug-likeness (QED) is 0.322. The van der Waals surface area contributed by atoms with Crippen LogP contribution in [-0.4, -0.2) is 58.5 Å². The van der Waals surface area contributed by atoms with E-state index in [9.17, 15) is 8.42 Å². The van der Waals surface area contributed by atoms with Crippen molar-refractivity contribution < 1.29 is 13.2 Å². The van der Waals surface area contributed by atoms with Crippen molar-refractivity contribution in [2.45, 2.75) is 71.6 Å². The summed E-state index contributed by atoms with van der Waals surface area (Å²) in [6, 6.07) is 0.274. The monoisotopic (exact) mass is 376 g/mol. The molecule has 2 unspecified atom stereocenters. The largest absolute Gasteiger partial charge is 0.378 e. The molecule has 1 saturated carbocycles. The van der Waals surface area contributed by atoms with E-state index >= 15 is 0 Å². The molecule has 0 heterocycles. The Hall–Kier alpha value is -0.860. The highest BCUT2D eigenvalue weighted by molar-refractivity contribution is 7.88. The molecule has 2 atom stereocenters. The molecule has 0 bridgehead atoms. The van der Waals surface area contributed by atoms with Gasteiger partial charge in [-0.1, -0.05) is 27.2 Å². The fraction of sp³-hybridized carbons (Fsp3) is 0.941. The summed E-state index contributed by atoms with van der Waals surface area (Å²) >= 11 is 0. The maximum Gasteiger partial charge on any atom is 0.209 e. The molecule has 7 nitrogen and oxygen atoms in total. The molecule has 0 spiro atoms. The lowest BCUT2D eigenvalue weighted by Crippen LogP contribution is -2.64. The fourth-order valence-electron chi connectivity index (χ4n) is 2.99. The highest BCUT2D eigenvalue weighted by atomic mass is 32.2. The van der Waals surface area contributed by atoms with Gasteiger partial charge in [0.2, 0.25) is 10.0 Å². The zero-order valence-electron chi connectivity index (χ0n) is 16.8. The number of rotatable bonds is 9. The zero-order chi connectivity index (χ0) is 19.3. The van der Waals surface area contributed by atoms with E-state index in [0.29, 0.717) is 12.5 Å². The average Bonchev–Trinajstić information content (AvgIpc) is 2.46. The SMILES string of the molecule is CCCCOC1CC(NC(=NC)NCC(C)(C)NS(C)(=O)=O)C1(C)C. The van der Waals surface area contributed by atoms with Crippen molar-refractivity contribution in [2.24, 2.45) is 10.4 Å². The van der Waals surface area contributed by atoms with Crippen molar-refractivity contribution in [3.63, 3.8) is 0 Å². The van der Waals surface area contributed by atoms with Gasteiger partial charge in [-0.25, -0.2) is 13.1 Å². The first kappa shape index (κ1) is 22.2. The van der Waals surface area contributed by atoms with Crippen LogP contribution in [0.1, 0.15) is 53.9 Å². The Morgan fingerprint density at radius 1 is 1.36 bits per heavy atom. The molecule has 1 fully saturated rings. The van der Waals surface area contributed by atoms with Crippen LogP contribution in [0.5, 0.6) is 0 Å². The highest BCUT2D eigenvalue weighted by Crippen LogP contribution is 2.42. The second kappa shape index (κ2) is 8.68. The summed E-state index contributed by atoms with van der Waals surface area (Å²) in [5, 5.41) is 6.64. The number of hydrogen-bond acceptors (Lipinski definition) is 4. The molecule has 0 saturated heterocycles. The van der Waals surface area contributed by atoms with E-state index in [0.717, 1.165) is 32.1 Å². The van der Waals surface area contributed by atoms with Crippen LogP contribution >= 0.6 is 0 Å². The van der Waals surface area contributed by atoms with Gasteiger partial charge in [-0.3, -0.25) is 4.99 Å². The predicted molar refractivity (Wildman–Crippen MR) is 103 cm³/mol. The van der Waals surface area contributed by atoms with Crippen LogP contribution in [0, 0.1) is 5.41 Å². The summed E-state index contributed by atoms with van der Waals surface area (Å²) in [7, 11) is -1.54. The predicted octanol–water partition coefficient (Wildman–Crippen LogP) is 1.46. The molecule has 0 aromatic heterocycles. The molecule has 3 N–H and O–H groups in total. The second-order valence-corrected chi connectivity index (χ2v) is 9.90. The van der Waals surface area contributed by atoms with Crippen molar-refractivity contribution in [3.8, 4) is 0 Å².